The number of hydrogen-bond acceptors (Lipinski definition) is 2. The summed E-state index contributed by atoms with van der Waals surface area (Å²) >= 11 is 0. The SMILES string of the molecule is C=Cc1ccc(OCCCCCCC2(c3ccccc3)c3ccccc3-c3ccc(N(C)c4ccc(-c5ccc6c(c5)c5ccccc5n6-c5ccccc5)cc4)cc32)cc1. The fourth-order valence-electron chi connectivity index (χ4n) is 9.78. The first kappa shape index (κ1) is 38.1. The molecule has 9 aromatic rings. The molecule has 0 saturated heterocycles. The Labute approximate surface area is 359 Å². The van der Waals surface area contributed by atoms with E-state index in [0.29, 0.717) is 0 Å². The fraction of sp³-hybridized carbons (Fsp3) is 0.138. The molecular formula is C58H50N2O. The molecule has 3 nitrogen and oxygen atoms in total. The lowest BCUT2D eigenvalue weighted by Crippen LogP contribution is -2.27. The first-order chi connectivity index (χ1) is 30.1. The molecule has 0 saturated carbocycles. The van der Waals surface area contributed by atoms with E-state index in [1.807, 2.05) is 18.2 Å². The van der Waals surface area contributed by atoms with Gasteiger partial charge in [0, 0.05) is 40.3 Å². The molecule has 298 valence electrons. The van der Waals surface area contributed by atoms with E-state index < -0.39 is 0 Å². The van der Waals surface area contributed by atoms with Crippen LogP contribution in [0.2, 0.25) is 0 Å². The van der Waals surface area contributed by atoms with Crippen molar-refractivity contribution in [3.05, 3.63) is 223 Å². The van der Waals surface area contributed by atoms with E-state index in [4.69, 9.17) is 4.74 Å². The quantitative estimate of drug-likeness (QED) is 0.102. The highest BCUT2D eigenvalue weighted by atomic mass is 16.5. The zero-order valence-corrected chi connectivity index (χ0v) is 34.8. The van der Waals surface area contributed by atoms with Crippen LogP contribution >= 0.6 is 0 Å². The molecule has 0 N–H and O–H groups in total. The molecule has 0 fully saturated rings. The molecule has 0 spiro atoms. The number of anilines is 2. The average molecular weight is 791 g/mol. The molecule has 1 unspecified atom stereocenters. The van der Waals surface area contributed by atoms with Crippen LogP contribution in [0.5, 0.6) is 5.75 Å². The molecule has 1 aliphatic rings. The summed E-state index contributed by atoms with van der Waals surface area (Å²) < 4.78 is 8.45. The predicted molar refractivity (Wildman–Crippen MR) is 258 cm³/mol. The number of benzene rings is 8. The van der Waals surface area contributed by atoms with E-state index in [0.717, 1.165) is 55.7 Å². The van der Waals surface area contributed by atoms with Gasteiger partial charge in [-0.25, -0.2) is 0 Å². The van der Waals surface area contributed by atoms with Crippen LogP contribution in [-0.2, 0) is 5.41 Å². The number of para-hydroxylation sites is 2. The lowest BCUT2D eigenvalue weighted by molar-refractivity contribution is 0.303. The molecule has 1 atom stereocenters. The van der Waals surface area contributed by atoms with E-state index in [-0.39, 0.29) is 5.41 Å². The van der Waals surface area contributed by atoms with Gasteiger partial charge in [0.05, 0.1) is 17.6 Å². The van der Waals surface area contributed by atoms with Crippen LogP contribution in [0.4, 0.5) is 11.4 Å². The summed E-state index contributed by atoms with van der Waals surface area (Å²) in [5.74, 6) is 0.922. The summed E-state index contributed by atoms with van der Waals surface area (Å²) in [6.07, 6.45) is 7.35. The molecule has 1 aromatic heterocycles. The van der Waals surface area contributed by atoms with Gasteiger partial charge in [-0.2, -0.15) is 0 Å². The molecule has 0 radical (unpaired) electrons. The number of ether oxygens (including phenoxy) is 1. The molecule has 0 amide bonds. The normalized spacial score (nSPS) is 14.2. The van der Waals surface area contributed by atoms with Gasteiger partial charge in [-0.05, 0) is 124 Å². The molecule has 8 aromatic carbocycles. The molecule has 61 heavy (non-hydrogen) atoms. The largest absolute Gasteiger partial charge is 0.494 e. The van der Waals surface area contributed by atoms with Crippen molar-refractivity contribution in [3.63, 3.8) is 0 Å². The first-order valence-corrected chi connectivity index (χ1v) is 21.7. The van der Waals surface area contributed by atoms with Crippen molar-refractivity contribution in [1.82, 2.24) is 4.57 Å². The topological polar surface area (TPSA) is 17.4 Å². The molecule has 10 rings (SSSR count). The van der Waals surface area contributed by atoms with Crippen LogP contribution in [0.15, 0.2) is 201 Å². The van der Waals surface area contributed by atoms with Crippen molar-refractivity contribution in [3.8, 4) is 33.7 Å². The number of aromatic nitrogens is 1. The summed E-state index contributed by atoms with van der Waals surface area (Å²) in [6.45, 7) is 4.58. The molecule has 3 heteroatoms. The standard InChI is InChI=1S/C58H50N2O/c1-3-42-26-34-49(35-27-42)61-39-17-5-4-16-38-58(45-18-8-6-9-19-45)54-24-14-12-22-50(54)51-36-33-48(41-55(51)58)59(2)46-31-28-43(29-32-46)44-30-37-57-53(40-44)52-23-13-15-25-56(52)60(57)47-20-10-7-11-21-47/h3,6-15,18-37,40-41H,1,4-5,16-17,38-39H2,2H3. The lowest BCUT2D eigenvalue weighted by atomic mass is 9.69. The van der Waals surface area contributed by atoms with Gasteiger partial charge in [0.15, 0.2) is 0 Å². The zero-order valence-electron chi connectivity index (χ0n) is 34.8. The van der Waals surface area contributed by atoms with Crippen LogP contribution in [0.25, 0.3) is 55.8 Å². The van der Waals surface area contributed by atoms with Crippen LogP contribution in [-0.4, -0.2) is 18.2 Å². The Morgan fingerprint density at radius 2 is 1.20 bits per heavy atom. The van der Waals surface area contributed by atoms with Crippen molar-refractivity contribution >= 4 is 39.3 Å². The van der Waals surface area contributed by atoms with E-state index in [1.165, 1.54) is 72.1 Å². The second-order valence-electron chi connectivity index (χ2n) is 16.4. The predicted octanol–water partition coefficient (Wildman–Crippen LogP) is 15.2. The van der Waals surface area contributed by atoms with Crippen LogP contribution in [0.1, 0.15) is 54.4 Å². The monoisotopic (exact) mass is 790 g/mol. The molecule has 0 bridgehead atoms. The number of hydrogen-bond donors (Lipinski definition) is 0. The smallest absolute Gasteiger partial charge is 0.119 e. The Kier molecular flexibility index (Phi) is 10.3. The van der Waals surface area contributed by atoms with Gasteiger partial charge in [0.1, 0.15) is 5.75 Å². The highest BCUT2D eigenvalue weighted by molar-refractivity contribution is 6.10. The highest BCUT2D eigenvalue weighted by Gasteiger charge is 2.44. The number of fused-ring (bicyclic) bond motifs is 6. The number of rotatable bonds is 14. The summed E-state index contributed by atoms with van der Waals surface area (Å²) in [5, 5.41) is 2.53. The van der Waals surface area contributed by atoms with Crippen LogP contribution < -0.4 is 9.64 Å². The van der Waals surface area contributed by atoms with Crippen molar-refractivity contribution in [2.75, 3.05) is 18.6 Å². The van der Waals surface area contributed by atoms with Crippen LogP contribution in [0, 0.1) is 0 Å². The van der Waals surface area contributed by atoms with Gasteiger partial charge in [-0.15, -0.1) is 0 Å². The number of unbranched alkanes of at least 4 members (excludes halogenated alkanes) is 3. The van der Waals surface area contributed by atoms with Crippen molar-refractivity contribution in [1.29, 1.82) is 0 Å². The van der Waals surface area contributed by atoms with Gasteiger partial charge in [-0.3, -0.25) is 0 Å². The number of nitrogens with zero attached hydrogens (tertiary/aromatic N) is 2. The maximum atomic E-state index is 6.07. The van der Waals surface area contributed by atoms with E-state index in [9.17, 15) is 0 Å². The molecule has 1 heterocycles. The fourth-order valence-corrected chi connectivity index (χ4v) is 9.78. The van der Waals surface area contributed by atoms with Crippen molar-refractivity contribution < 1.29 is 4.74 Å². The first-order valence-electron chi connectivity index (χ1n) is 21.7. The molecular weight excluding hydrogens is 741 g/mol. The third-order valence-electron chi connectivity index (χ3n) is 12.9. The van der Waals surface area contributed by atoms with E-state index >= 15 is 0 Å². The minimum absolute atomic E-state index is 0.237. The Hall–Kier alpha value is -7.10. The maximum absolute atomic E-state index is 6.07. The Morgan fingerprint density at radius 3 is 2.00 bits per heavy atom. The Balaban J connectivity index is 0.916. The third kappa shape index (κ3) is 7.00. The molecule has 0 aliphatic heterocycles. The summed E-state index contributed by atoms with van der Waals surface area (Å²) in [4.78, 5) is 2.34. The minimum Gasteiger partial charge on any atom is -0.494 e. The Bertz CT molecular complexity index is 2960. The third-order valence-corrected chi connectivity index (χ3v) is 12.9. The van der Waals surface area contributed by atoms with E-state index in [2.05, 4.69) is 205 Å². The zero-order chi connectivity index (χ0) is 41.2. The van der Waals surface area contributed by atoms with Crippen molar-refractivity contribution in [2.45, 2.75) is 37.5 Å². The van der Waals surface area contributed by atoms with Gasteiger partial charge < -0.3 is 14.2 Å². The summed E-state index contributed by atoms with van der Waals surface area (Å²) in [7, 11) is 2.20. The highest BCUT2D eigenvalue weighted by Crippen LogP contribution is 2.56. The van der Waals surface area contributed by atoms with Gasteiger partial charge in [0.25, 0.3) is 0 Å². The van der Waals surface area contributed by atoms with E-state index in [1.54, 1.807) is 0 Å². The van der Waals surface area contributed by atoms with Crippen molar-refractivity contribution in [2.24, 2.45) is 0 Å². The summed E-state index contributed by atoms with van der Waals surface area (Å²) in [6, 6.07) is 70.9. The van der Waals surface area contributed by atoms with Gasteiger partial charge >= 0.3 is 0 Å². The van der Waals surface area contributed by atoms with Gasteiger partial charge in [-0.1, -0.05) is 159 Å². The maximum Gasteiger partial charge on any atom is 0.119 e. The van der Waals surface area contributed by atoms with Crippen LogP contribution in [0.3, 0.4) is 0 Å². The van der Waals surface area contributed by atoms with Gasteiger partial charge in [0.2, 0.25) is 0 Å². The lowest BCUT2D eigenvalue weighted by Gasteiger charge is -2.34. The summed E-state index contributed by atoms with van der Waals surface area (Å²) in [5.41, 5.74) is 16.1. The Morgan fingerprint density at radius 1 is 0.541 bits per heavy atom. The second-order valence-corrected chi connectivity index (χ2v) is 16.4. The second kappa shape index (κ2) is 16.5. The minimum atomic E-state index is -0.237. The molecule has 1 aliphatic carbocycles. The average Bonchev–Trinajstić information content (AvgIpc) is 3.81.